The summed E-state index contributed by atoms with van der Waals surface area (Å²) in [6, 6.07) is 7.62. The lowest BCUT2D eigenvalue weighted by Crippen LogP contribution is -2.31. The van der Waals surface area contributed by atoms with Crippen LogP contribution in [0.25, 0.3) is 10.9 Å². The second-order valence-corrected chi connectivity index (χ2v) is 11.2. The van der Waals surface area contributed by atoms with E-state index in [2.05, 4.69) is 19.6 Å². The van der Waals surface area contributed by atoms with Crippen molar-refractivity contribution in [1.82, 2.24) is 9.97 Å². The fourth-order valence-electron chi connectivity index (χ4n) is 4.15. The van der Waals surface area contributed by atoms with Gasteiger partial charge in [0.1, 0.15) is 29.8 Å². The van der Waals surface area contributed by atoms with Crippen LogP contribution in [0.3, 0.4) is 0 Å². The molecule has 0 radical (unpaired) electrons. The van der Waals surface area contributed by atoms with Gasteiger partial charge >= 0.3 is 0 Å². The van der Waals surface area contributed by atoms with Crippen LogP contribution in [-0.2, 0) is 19.2 Å². The highest BCUT2D eigenvalue weighted by atomic mass is 35.5. The van der Waals surface area contributed by atoms with E-state index in [1.165, 1.54) is 18.5 Å². The number of anilines is 2. The maximum absolute atomic E-state index is 14.0. The molecule has 3 heterocycles. The maximum atomic E-state index is 14.0. The van der Waals surface area contributed by atoms with E-state index in [0.717, 1.165) is 12.8 Å². The Morgan fingerprint density at radius 2 is 1.97 bits per heavy atom. The number of nitrogens with one attached hydrogen (secondary N) is 1. The van der Waals surface area contributed by atoms with Gasteiger partial charge in [-0.15, -0.1) is 0 Å². The van der Waals surface area contributed by atoms with Crippen molar-refractivity contribution < 1.29 is 22.8 Å². The predicted octanol–water partition coefficient (Wildman–Crippen LogP) is 4.85. The molecule has 0 amide bonds. The van der Waals surface area contributed by atoms with E-state index in [4.69, 9.17) is 25.8 Å². The number of hydrogen-bond acceptors (Lipinski definition) is 8. The van der Waals surface area contributed by atoms with Crippen LogP contribution in [0.2, 0.25) is 5.02 Å². The molecular weight excluding hydrogens is 483 g/mol. The van der Waals surface area contributed by atoms with E-state index in [1.54, 1.807) is 25.3 Å². The van der Waals surface area contributed by atoms with E-state index < -0.39 is 15.5 Å². The molecule has 0 bridgehead atoms. The van der Waals surface area contributed by atoms with Gasteiger partial charge in [0.15, 0.2) is 6.10 Å². The molecule has 0 unspecified atom stereocenters. The van der Waals surface area contributed by atoms with E-state index in [9.17, 15) is 8.60 Å². The summed E-state index contributed by atoms with van der Waals surface area (Å²) in [6.07, 6.45) is 2.61. The number of halogens is 2. The van der Waals surface area contributed by atoms with Crippen LogP contribution in [0.5, 0.6) is 5.75 Å². The molecule has 8 nitrogen and oxygen atoms in total. The number of rotatable bonds is 6. The van der Waals surface area contributed by atoms with Crippen molar-refractivity contribution in [2.75, 3.05) is 37.1 Å². The van der Waals surface area contributed by atoms with Crippen LogP contribution in [0.1, 0.15) is 12.8 Å². The Balaban J connectivity index is 1.49. The predicted molar refractivity (Wildman–Crippen MR) is 129 cm³/mol. The van der Waals surface area contributed by atoms with Gasteiger partial charge in [-0.1, -0.05) is 11.6 Å². The van der Waals surface area contributed by atoms with Crippen LogP contribution in [0.15, 0.2) is 41.0 Å². The molecular formula is C23H24ClFN4O4S. The minimum Gasteiger partial charge on any atom is -0.483 e. The average Bonchev–Trinajstić information content (AvgIpc) is 3.44. The standard InChI is InChI=1S/C23H24ClFN4O4S/c1-31-20-11-32-12-21(20)33-19-8-14(25)4-5-17(19)28-23-22-16(24)9-15(10-18(22)26-13-27-23)29-34(30)6-2-3-7-34/h4-5,8-10,13,20-21H,2-3,6-7,11-12H2,1H3,(H,26,27,28)/t20-,21+/m1/s1. The van der Waals surface area contributed by atoms with E-state index >= 15 is 0 Å². The molecule has 1 aromatic heterocycles. The van der Waals surface area contributed by atoms with Crippen LogP contribution >= 0.6 is 11.6 Å². The first-order valence-electron chi connectivity index (χ1n) is 10.9. The number of aromatic nitrogens is 2. The van der Waals surface area contributed by atoms with Crippen molar-refractivity contribution in [1.29, 1.82) is 0 Å². The zero-order chi connectivity index (χ0) is 23.7. The second-order valence-electron chi connectivity index (χ2n) is 8.26. The van der Waals surface area contributed by atoms with Crippen molar-refractivity contribution >= 4 is 49.4 Å². The molecule has 2 aliphatic heterocycles. The number of hydrogen-bond donors (Lipinski definition) is 1. The number of ether oxygens (including phenoxy) is 3. The van der Waals surface area contributed by atoms with Crippen molar-refractivity contribution in [3.8, 4) is 5.75 Å². The monoisotopic (exact) mass is 506 g/mol. The summed E-state index contributed by atoms with van der Waals surface area (Å²) in [5.41, 5.74) is 1.59. The van der Waals surface area contributed by atoms with Gasteiger partial charge in [-0.05, 0) is 37.1 Å². The van der Waals surface area contributed by atoms with Gasteiger partial charge in [0.2, 0.25) is 0 Å². The second kappa shape index (κ2) is 9.61. The first-order valence-corrected chi connectivity index (χ1v) is 13.2. The van der Waals surface area contributed by atoms with E-state index in [0.29, 0.717) is 63.6 Å². The SMILES string of the molecule is CO[C@@H]1COC[C@@H]1Oc1cc(F)ccc1Nc1ncnc2cc(N=S3(=O)CCCC3)cc(Cl)c12. The molecule has 2 aliphatic rings. The fraction of sp³-hybridized carbons (Fsp3) is 0.391. The van der Waals surface area contributed by atoms with Gasteiger partial charge in [-0.25, -0.2) is 18.6 Å². The highest BCUT2D eigenvalue weighted by Gasteiger charge is 2.31. The Kier molecular flexibility index (Phi) is 6.57. The van der Waals surface area contributed by atoms with Crippen LogP contribution in [0.4, 0.5) is 21.6 Å². The van der Waals surface area contributed by atoms with Crippen molar-refractivity contribution in [2.24, 2.45) is 4.36 Å². The molecule has 0 spiro atoms. The van der Waals surface area contributed by atoms with Gasteiger partial charge in [0.25, 0.3) is 0 Å². The van der Waals surface area contributed by atoms with Gasteiger partial charge in [-0.3, -0.25) is 0 Å². The topological polar surface area (TPSA) is 94.9 Å². The normalized spacial score (nSPS) is 21.6. The molecule has 2 saturated heterocycles. The van der Waals surface area contributed by atoms with Crippen LogP contribution in [-0.4, -0.2) is 58.2 Å². The smallest absolute Gasteiger partial charge is 0.150 e. The zero-order valence-electron chi connectivity index (χ0n) is 18.5. The quantitative estimate of drug-likeness (QED) is 0.510. The molecule has 0 aliphatic carbocycles. The summed E-state index contributed by atoms with van der Waals surface area (Å²) < 4.78 is 48.2. The first-order chi connectivity index (χ1) is 16.4. The minimum absolute atomic E-state index is 0.251. The molecule has 11 heteroatoms. The third-order valence-corrected chi connectivity index (χ3v) is 8.57. The van der Waals surface area contributed by atoms with Crippen molar-refractivity contribution in [3.05, 3.63) is 47.5 Å². The Morgan fingerprint density at radius 3 is 2.76 bits per heavy atom. The van der Waals surface area contributed by atoms with Crippen LogP contribution in [0, 0.1) is 5.82 Å². The zero-order valence-corrected chi connectivity index (χ0v) is 20.1. The van der Waals surface area contributed by atoms with Crippen molar-refractivity contribution in [2.45, 2.75) is 25.0 Å². The molecule has 180 valence electrons. The van der Waals surface area contributed by atoms with E-state index in [-0.39, 0.29) is 12.2 Å². The Hall–Kier alpha value is -2.53. The summed E-state index contributed by atoms with van der Waals surface area (Å²) >= 11 is 6.61. The van der Waals surface area contributed by atoms with Gasteiger partial charge in [0, 0.05) is 24.7 Å². The molecule has 5 rings (SSSR count). The maximum Gasteiger partial charge on any atom is 0.150 e. The van der Waals surface area contributed by atoms with Crippen molar-refractivity contribution in [3.63, 3.8) is 0 Å². The van der Waals surface area contributed by atoms with E-state index in [1.807, 2.05) is 0 Å². The lowest BCUT2D eigenvalue weighted by Gasteiger charge is -2.21. The highest BCUT2D eigenvalue weighted by molar-refractivity contribution is 7.93. The van der Waals surface area contributed by atoms with Gasteiger partial charge < -0.3 is 19.5 Å². The number of methoxy groups -OCH3 is 1. The number of nitrogens with zero attached hydrogens (tertiary/aromatic N) is 3. The Morgan fingerprint density at radius 1 is 1.18 bits per heavy atom. The third-order valence-electron chi connectivity index (χ3n) is 5.88. The number of fused-ring (bicyclic) bond motifs is 1. The van der Waals surface area contributed by atoms with Crippen LogP contribution < -0.4 is 10.1 Å². The first kappa shape index (κ1) is 23.2. The lowest BCUT2D eigenvalue weighted by atomic mass is 10.2. The minimum atomic E-state index is -2.24. The largest absolute Gasteiger partial charge is 0.483 e. The summed E-state index contributed by atoms with van der Waals surface area (Å²) in [5, 5.41) is 4.13. The molecule has 3 aromatic rings. The summed E-state index contributed by atoms with van der Waals surface area (Å²) in [5.74, 6) is 1.48. The summed E-state index contributed by atoms with van der Waals surface area (Å²) in [6.45, 7) is 0.747. The third kappa shape index (κ3) is 4.81. The van der Waals surface area contributed by atoms with Gasteiger partial charge in [-0.2, -0.15) is 4.36 Å². The number of benzene rings is 2. The van der Waals surface area contributed by atoms with Gasteiger partial charge in [0.05, 0.1) is 50.2 Å². The summed E-state index contributed by atoms with van der Waals surface area (Å²) in [4.78, 5) is 8.67. The molecule has 1 N–H and O–H groups in total. The molecule has 0 saturated carbocycles. The molecule has 2 atom stereocenters. The molecule has 2 aromatic carbocycles. The Bertz CT molecular complexity index is 1340. The Labute approximate surface area is 202 Å². The lowest BCUT2D eigenvalue weighted by molar-refractivity contribution is 0.0328. The highest BCUT2D eigenvalue weighted by Crippen LogP contribution is 2.37. The summed E-state index contributed by atoms with van der Waals surface area (Å²) in [7, 11) is -0.662. The molecule has 34 heavy (non-hydrogen) atoms. The molecule has 2 fully saturated rings. The fourth-order valence-corrected chi connectivity index (χ4v) is 6.63. The average molecular weight is 507 g/mol.